The number of rotatable bonds is 2. The second-order valence-electron chi connectivity index (χ2n) is 4.16. The lowest BCUT2D eigenvalue weighted by Crippen LogP contribution is -1.80. The third kappa shape index (κ3) is 7.82. The molecule has 1 heteroatoms. The lowest BCUT2D eigenvalue weighted by atomic mass is 10.1. The summed E-state index contributed by atoms with van der Waals surface area (Å²) >= 11 is 5.71. The second kappa shape index (κ2) is 9.07. The summed E-state index contributed by atoms with van der Waals surface area (Å²) < 4.78 is 0. The van der Waals surface area contributed by atoms with Gasteiger partial charge in [-0.1, -0.05) is 62.2 Å². The van der Waals surface area contributed by atoms with Crippen molar-refractivity contribution >= 4 is 17.7 Å². The molecular formula is C16H23Cl. The van der Waals surface area contributed by atoms with E-state index in [2.05, 4.69) is 52.0 Å². The van der Waals surface area contributed by atoms with Crippen molar-refractivity contribution in [1.82, 2.24) is 0 Å². The van der Waals surface area contributed by atoms with Crippen molar-refractivity contribution in [3.8, 4) is 0 Å². The molecule has 0 aliphatic rings. The van der Waals surface area contributed by atoms with Crippen molar-refractivity contribution in [2.75, 3.05) is 0 Å². The summed E-state index contributed by atoms with van der Waals surface area (Å²) in [5.74, 6) is 0. The first-order chi connectivity index (χ1) is 8.01. The van der Waals surface area contributed by atoms with Crippen LogP contribution in [-0.4, -0.2) is 0 Å². The maximum atomic E-state index is 5.71. The van der Waals surface area contributed by atoms with E-state index in [0.717, 1.165) is 5.03 Å². The summed E-state index contributed by atoms with van der Waals surface area (Å²) in [6.07, 6.45) is 7.15. The van der Waals surface area contributed by atoms with E-state index in [-0.39, 0.29) is 0 Å². The molecule has 0 heterocycles. The molecule has 0 saturated carbocycles. The van der Waals surface area contributed by atoms with Gasteiger partial charge in [-0.15, -0.1) is 0 Å². The smallest absolute Gasteiger partial charge is 0.0150 e. The Bertz CT molecular complexity index is 383. The number of hydrogen-bond donors (Lipinski definition) is 0. The van der Waals surface area contributed by atoms with Crippen LogP contribution < -0.4 is 0 Å². The third-order valence-electron chi connectivity index (χ3n) is 2.15. The molecule has 0 bridgehead atoms. The molecule has 0 amide bonds. The van der Waals surface area contributed by atoms with E-state index in [1.807, 2.05) is 19.1 Å². The Morgan fingerprint density at radius 1 is 1.18 bits per heavy atom. The topological polar surface area (TPSA) is 0 Å². The van der Waals surface area contributed by atoms with Gasteiger partial charge in [0.05, 0.1) is 0 Å². The first kappa shape index (κ1) is 16.0. The molecule has 0 spiro atoms. The Morgan fingerprint density at radius 3 is 2.24 bits per heavy atom. The molecule has 1 aromatic rings. The average Bonchev–Trinajstić information content (AvgIpc) is 2.24. The van der Waals surface area contributed by atoms with Crippen molar-refractivity contribution in [2.45, 2.75) is 41.0 Å². The molecule has 0 fully saturated rings. The van der Waals surface area contributed by atoms with Crippen LogP contribution in [0.25, 0.3) is 6.08 Å². The maximum Gasteiger partial charge on any atom is 0.0150 e. The normalized spacial score (nSPS) is 11.3. The van der Waals surface area contributed by atoms with Crippen molar-refractivity contribution < 1.29 is 0 Å². The zero-order chi connectivity index (χ0) is 13.3. The Balaban J connectivity index is 0.000000770. The molecule has 0 radical (unpaired) electrons. The van der Waals surface area contributed by atoms with E-state index in [1.165, 1.54) is 23.1 Å². The van der Waals surface area contributed by atoms with Gasteiger partial charge in [-0.25, -0.2) is 0 Å². The number of halogens is 1. The lowest BCUT2D eigenvalue weighted by molar-refractivity contribution is 1.09. The average molecular weight is 251 g/mol. The van der Waals surface area contributed by atoms with Crippen LogP contribution in [0.4, 0.5) is 0 Å². The maximum absolute atomic E-state index is 5.71. The SMILES string of the molecule is C/C(Cl)=C\C=C/c1ccc(C)c(C)c1.CCC. The number of hydrogen-bond acceptors (Lipinski definition) is 0. The highest BCUT2D eigenvalue weighted by Crippen LogP contribution is 2.11. The Hall–Kier alpha value is -1.01. The molecule has 0 saturated heterocycles. The molecular weight excluding hydrogens is 228 g/mol. The Morgan fingerprint density at radius 2 is 1.76 bits per heavy atom. The van der Waals surface area contributed by atoms with Crippen molar-refractivity contribution in [2.24, 2.45) is 0 Å². The first-order valence-electron chi connectivity index (χ1n) is 6.09. The third-order valence-corrected chi connectivity index (χ3v) is 2.27. The van der Waals surface area contributed by atoms with E-state index < -0.39 is 0 Å². The minimum absolute atomic E-state index is 0.796. The van der Waals surface area contributed by atoms with Crippen LogP contribution in [0.1, 0.15) is 43.9 Å². The zero-order valence-electron chi connectivity index (χ0n) is 11.5. The Kier molecular flexibility index (Phi) is 8.53. The summed E-state index contributed by atoms with van der Waals surface area (Å²) in [5, 5.41) is 0.796. The summed E-state index contributed by atoms with van der Waals surface area (Å²) in [6.45, 7) is 10.4. The van der Waals surface area contributed by atoms with Crippen LogP contribution in [0.15, 0.2) is 35.4 Å². The van der Waals surface area contributed by atoms with Crippen molar-refractivity contribution in [3.05, 3.63) is 52.1 Å². The molecule has 1 rings (SSSR count). The highest BCUT2D eigenvalue weighted by atomic mass is 35.5. The monoisotopic (exact) mass is 250 g/mol. The van der Waals surface area contributed by atoms with Crippen LogP contribution in [0, 0.1) is 13.8 Å². The fourth-order valence-electron chi connectivity index (χ4n) is 1.16. The molecule has 0 aromatic heterocycles. The predicted octanol–water partition coefficient (Wildman–Crippen LogP) is 5.88. The summed E-state index contributed by atoms with van der Waals surface area (Å²) in [7, 11) is 0. The fourth-order valence-corrected chi connectivity index (χ4v) is 1.23. The molecule has 1 aromatic carbocycles. The first-order valence-corrected chi connectivity index (χ1v) is 6.46. The molecule has 0 N–H and O–H groups in total. The predicted molar refractivity (Wildman–Crippen MR) is 80.5 cm³/mol. The molecule has 17 heavy (non-hydrogen) atoms. The van der Waals surface area contributed by atoms with Gasteiger partial charge in [0.2, 0.25) is 0 Å². The standard InChI is InChI=1S/C13H15Cl.C3H8/c1-10-7-8-13(9-11(10)2)6-4-5-12(3)14;1-3-2/h4-9H,1-3H3;3H2,1-2H3/b6-4-,12-5+;. The number of allylic oxidation sites excluding steroid dienone is 3. The van der Waals surface area contributed by atoms with E-state index in [1.54, 1.807) is 0 Å². The summed E-state index contributed by atoms with van der Waals surface area (Å²) in [5.41, 5.74) is 3.85. The van der Waals surface area contributed by atoms with E-state index in [0.29, 0.717) is 0 Å². The van der Waals surface area contributed by atoms with Gasteiger partial charge >= 0.3 is 0 Å². The van der Waals surface area contributed by atoms with Crippen LogP contribution in [0.2, 0.25) is 0 Å². The molecule has 0 unspecified atom stereocenters. The van der Waals surface area contributed by atoms with Crippen LogP contribution >= 0.6 is 11.6 Å². The quantitative estimate of drug-likeness (QED) is 0.576. The van der Waals surface area contributed by atoms with Crippen molar-refractivity contribution in [1.29, 1.82) is 0 Å². The van der Waals surface area contributed by atoms with Crippen molar-refractivity contribution in [3.63, 3.8) is 0 Å². The van der Waals surface area contributed by atoms with Gasteiger partial charge in [-0.05, 0) is 43.5 Å². The molecule has 0 aliphatic carbocycles. The molecule has 0 nitrogen and oxygen atoms in total. The van der Waals surface area contributed by atoms with E-state index in [9.17, 15) is 0 Å². The van der Waals surface area contributed by atoms with Gasteiger partial charge in [0.1, 0.15) is 0 Å². The second-order valence-corrected chi connectivity index (χ2v) is 4.76. The highest BCUT2D eigenvalue weighted by molar-refractivity contribution is 6.29. The van der Waals surface area contributed by atoms with Gasteiger partial charge in [-0.2, -0.15) is 0 Å². The van der Waals surface area contributed by atoms with Crippen LogP contribution in [0.3, 0.4) is 0 Å². The minimum Gasteiger partial charge on any atom is -0.0895 e. The minimum atomic E-state index is 0.796. The van der Waals surface area contributed by atoms with Gasteiger partial charge in [0.15, 0.2) is 0 Å². The van der Waals surface area contributed by atoms with Crippen LogP contribution in [0.5, 0.6) is 0 Å². The largest absolute Gasteiger partial charge is 0.0895 e. The lowest BCUT2D eigenvalue weighted by Gasteiger charge is -2.00. The fraction of sp³-hybridized carbons (Fsp3) is 0.375. The van der Waals surface area contributed by atoms with E-state index in [4.69, 9.17) is 11.6 Å². The van der Waals surface area contributed by atoms with Gasteiger partial charge in [0, 0.05) is 5.03 Å². The number of benzene rings is 1. The van der Waals surface area contributed by atoms with E-state index >= 15 is 0 Å². The van der Waals surface area contributed by atoms with Crippen LogP contribution in [-0.2, 0) is 0 Å². The zero-order valence-corrected chi connectivity index (χ0v) is 12.3. The Labute approximate surface area is 111 Å². The number of aryl methyl sites for hydroxylation is 2. The summed E-state index contributed by atoms with van der Waals surface area (Å²) in [6, 6.07) is 6.41. The van der Waals surface area contributed by atoms with Gasteiger partial charge in [0.25, 0.3) is 0 Å². The van der Waals surface area contributed by atoms with Gasteiger partial charge < -0.3 is 0 Å². The molecule has 0 atom stereocenters. The summed E-state index contributed by atoms with van der Waals surface area (Å²) in [4.78, 5) is 0. The van der Waals surface area contributed by atoms with Gasteiger partial charge in [-0.3, -0.25) is 0 Å². The molecule has 94 valence electrons. The highest BCUT2D eigenvalue weighted by Gasteiger charge is 1.91. The molecule has 0 aliphatic heterocycles.